The number of aliphatic hydroxyl groups excluding tert-OH is 1. The van der Waals surface area contributed by atoms with E-state index in [0.717, 1.165) is 5.56 Å². The van der Waals surface area contributed by atoms with Gasteiger partial charge in [-0.05, 0) is 61.2 Å². The molecule has 3 rings (SSSR count). The van der Waals surface area contributed by atoms with Gasteiger partial charge in [-0.25, -0.2) is 9.18 Å². The average molecular weight is 430 g/mol. The highest BCUT2D eigenvalue weighted by Crippen LogP contribution is 2.22. The molecule has 3 amide bonds. The summed E-state index contributed by atoms with van der Waals surface area (Å²) in [7, 11) is 0. The van der Waals surface area contributed by atoms with E-state index in [2.05, 4.69) is 20.9 Å². The molecule has 1 aliphatic heterocycles. The van der Waals surface area contributed by atoms with Gasteiger partial charge in [0.1, 0.15) is 11.9 Å². The standard InChI is InChI=1S/C22H27FN4O4/c23-16-1-3-17(4-2-16)26-22(30)27-19-6-5-18(31-20(19)14-28)9-12-25-21(29)13-15-7-10-24-11-8-15/h1-4,7-8,10-11,18-20,28H,5-6,9,12-14H2,(H,25,29)(H2,26,27,30)/t18-,19+,20+/m1/s1. The van der Waals surface area contributed by atoms with Gasteiger partial charge in [0.2, 0.25) is 5.91 Å². The number of nitrogens with zero attached hydrogens (tertiary/aromatic N) is 1. The van der Waals surface area contributed by atoms with Gasteiger partial charge < -0.3 is 25.8 Å². The summed E-state index contributed by atoms with van der Waals surface area (Å²) >= 11 is 0. The predicted octanol–water partition coefficient (Wildman–Crippen LogP) is 2.00. The molecule has 0 saturated carbocycles. The fraction of sp³-hybridized carbons (Fsp3) is 0.409. The van der Waals surface area contributed by atoms with E-state index in [9.17, 15) is 19.1 Å². The molecule has 166 valence electrons. The van der Waals surface area contributed by atoms with Crippen LogP contribution in [0.15, 0.2) is 48.8 Å². The van der Waals surface area contributed by atoms with Gasteiger partial charge in [-0.15, -0.1) is 0 Å². The number of hydrogen-bond acceptors (Lipinski definition) is 5. The van der Waals surface area contributed by atoms with Crippen LogP contribution in [0.1, 0.15) is 24.8 Å². The predicted molar refractivity (Wildman–Crippen MR) is 113 cm³/mol. The van der Waals surface area contributed by atoms with Crippen molar-refractivity contribution in [1.82, 2.24) is 15.6 Å². The molecule has 2 heterocycles. The van der Waals surface area contributed by atoms with E-state index < -0.39 is 12.1 Å². The van der Waals surface area contributed by atoms with Crippen molar-refractivity contribution in [3.8, 4) is 0 Å². The second-order valence-corrected chi connectivity index (χ2v) is 7.44. The maximum Gasteiger partial charge on any atom is 0.319 e. The van der Waals surface area contributed by atoms with Crippen LogP contribution in [0.2, 0.25) is 0 Å². The lowest BCUT2D eigenvalue weighted by molar-refractivity contribution is -0.121. The minimum Gasteiger partial charge on any atom is -0.394 e. The van der Waals surface area contributed by atoms with E-state index in [1.54, 1.807) is 24.5 Å². The second kappa shape index (κ2) is 11.4. The Bertz CT molecular complexity index is 850. The molecule has 1 fully saturated rings. The fourth-order valence-corrected chi connectivity index (χ4v) is 3.50. The highest BCUT2D eigenvalue weighted by molar-refractivity contribution is 5.89. The molecule has 0 unspecified atom stereocenters. The second-order valence-electron chi connectivity index (χ2n) is 7.44. The van der Waals surface area contributed by atoms with Crippen molar-refractivity contribution in [2.75, 3.05) is 18.5 Å². The van der Waals surface area contributed by atoms with Crippen LogP contribution in [0, 0.1) is 5.82 Å². The van der Waals surface area contributed by atoms with Crippen LogP contribution < -0.4 is 16.0 Å². The number of halogens is 1. The van der Waals surface area contributed by atoms with Gasteiger partial charge in [0.05, 0.1) is 25.2 Å². The number of carbonyl (C=O) groups is 2. The minimum absolute atomic E-state index is 0.0716. The molecule has 0 bridgehead atoms. The number of carbonyl (C=O) groups excluding carboxylic acids is 2. The summed E-state index contributed by atoms with van der Waals surface area (Å²) in [4.78, 5) is 28.2. The van der Waals surface area contributed by atoms with Gasteiger partial charge in [-0.2, -0.15) is 0 Å². The number of nitrogens with one attached hydrogen (secondary N) is 3. The third-order valence-corrected chi connectivity index (χ3v) is 5.12. The molecule has 9 heteroatoms. The summed E-state index contributed by atoms with van der Waals surface area (Å²) in [5.41, 5.74) is 1.37. The molecule has 1 saturated heterocycles. The number of benzene rings is 1. The number of ether oxygens (including phenoxy) is 1. The van der Waals surface area contributed by atoms with Crippen LogP contribution in [0.25, 0.3) is 0 Å². The lowest BCUT2D eigenvalue weighted by Gasteiger charge is -2.36. The Morgan fingerprint density at radius 2 is 1.87 bits per heavy atom. The Balaban J connectivity index is 1.39. The van der Waals surface area contributed by atoms with Gasteiger partial charge in [0.25, 0.3) is 0 Å². The molecule has 2 aromatic rings. The van der Waals surface area contributed by atoms with Crippen molar-refractivity contribution in [3.05, 3.63) is 60.2 Å². The molecule has 0 radical (unpaired) electrons. The zero-order valence-corrected chi connectivity index (χ0v) is 17.1. The molecule has 1 aliphatic rings. The average Bonchev–Trinajstić information content (AvgIpc) is 2.77. The lowest BCUT2D eigenvalue weighted by Crippen LogP contribution is -2.52. The van der Waals surface area contributed by atoms with Crippen molar-refractivity contribution < 1.29 is 23.8 Å². The SMILES string of the molecule is O=C(Cc1ccncc1)NCC[C@H]1CC[C@H](NC(=O)Nc2ccc(F)cc2)[C@H](CO)O1. The highest BCUT2D eigenvalue weighted by Gasteiger charge is 2.31. The van der Waals surface area contributed by atoms with E-state index in [0.29, 0.717) is 37.9 Å². The van der Waals surface area contributed by atoms with Crippen LogP contribution in [0.4, 0.5) is 14.9 Å². The van der Waals surface area contributed by atoms with Gasteiger partial charge in [-0.1, -0.05) is 0 Å². The van der Waals surface area contributed by atoms with Crippen LogP contribution >= 0.6 is 0 Å². The Labute approximate surface area is 180 Å². The summed E-state index contributed by atoms with van der Waals surface area (Å²) < 4.78 is 18.9. The Morgan fingerprint density at radius 3 is 2.58 bits per heavy atom. The van der Waals surface area contributed by atoms with Crippen LogP contribution in [-0.4, -0.2) is 53.4 Å². The molecule has 8 nitrogen and oxygen atoms in total. The molecule has 1 aromatic carbocycles. The molecule has 0 aliphatic carbocycles. The third kappa shape index (κ3) is 7.30. The topological polar surface area (TPSA) is 113 Å². The van der Waals surface area contributed by atoms with Crippen LogP contribution in [0.5, 0.6) is 0 Å². The largest absolute Gasteiger partial charge is 0.394 e. The first-order chi connectivity index (χ1) is 15.0. The minimum atomic E-state index is -0.537. The van der Waals surface area contributed by atoms with E-state index in [1.165, 1.54) is 24.3 Å². The van der Waals surface area contributed by atoms with E-state index in [1.807, 2.05) is 0 Å². The van der Waals surface area contributed by atoms with Crippen LogP contribution in [0.3, 0.4) is 0 Å². The quantitative estimate of drug-likeness (QED) is 0.512. The zero-order valence-electron chi connectivity index (χ0n) is 17.1. The summed E-state index contributed by atoms with van der Waals surface area (Å²) in [5, 5.41) is 18.0. The number of aliphatic hydroxyl groups is 1. The third-order valence-electron chi connectivity index (χ3n) is 5.12. The molecular weight excluding hydrogens is 403 g/mol. The summed E-state index contributed by atoms with van der Waals surface area (Å²) in [6.45, 7) is 0.238. The maximum atomic E-state index is 13.0. The van der Waals surface area contributed by atoms with E-state index in [4.69, 9.17) is 4.74 Å². The Hall–Kier alpha value is -3.04. The molecular formula is C22H27FN4O4. The molecule has 31 heavy (non-hydrogen) atoms. The van der Waals surface area contributed by atoms with E-state index in [-0.39, 0.29) is 30.5 Å². The first-order valence-corrected chi connectivity index (χ1v) is 10.3. The number of aromatic nitrogens is 1. The molecule has 4 N–H and O–H groups in total. The van der Waals surface area contributed by atoms with Crippen LogP contribution in [-0.2, 0) is 16.0 Å². The zero-order chi connectivity index (χ0) is 22.1. The number of urea groups is 1. The van der Waals surface area contributed by atoms with Gasteiger partial charge in [0.15, 0.2) is 0 Å². The molecule has 3 atom stereocenters. The van der Waals surface area contributed by atoms with Crippen molar-refractivity contribution >= 4 is 17.6 Å². The summed E-state index contributed by atoms with van der Waals surface area (Å²) in [6.07, 6.45) is 4.89. The molecule has 1 aromatic heterocycles. The van der Waals surface area contributed by atoms with Gasteiger partial charge >= 0.3 is 6.03 Å². The highest BCUT2D eigenvalue weighted by atomic mass is 19.1. The number of pyridine rings is 1. The Kier molecular flexibility index (Phi) is 8.31. The summed E-state index contributed by atoms with van der Waals surface area (Å²) in [6, 6.07) is 8.27. The number of amides is 3. The number of hydrogen-bond donors (Lipinski definition) is 4. The number of rotatable bonds is 8. The molecule has 0 spiro atoms. The van der Waals surface area contributed by atoms with Crippen molar-refractivity contribution in [1.29, 1.82) is 0 Å². The van der Waals surface area contributed by atoms with E-state index >= 15 is 0 Å². The van der Waals surface area contributed by atoms with Crippen molar-refractivity contribution in [3.63, 3.8) is 0 Å². The normalized spacial score (nSPS) is 20.6. The first kappa shape index (κ1) is 22.6. The first-order valence-electron chi connectivity index (χ1n) is 10.3. The van der Waals surface area contributed by atoms with Crippen molar-refractivity contribution in [2.24, 2.45) is 0 Å². The smallest absolute Gasteiger partial charge is 0.319 e. The maximum absolute atomic E-state index is 13.0. The van der Waals surface area contributed by atoms with Gasteiger partial charge in [-0.3, -0.25) is 9.78 Å². The Morgan fingerprint density at radius 1 is 1.13 bits per heavy atom. The lowest BCUT2D eigenvalue weighted by atomic mass is 9.97. The van der Waals surface area contributed by atoms with Crippen molar-refractivity contribution in [2.45, 2.75) is 43.9 Å². The fourth-order valence-electron chi connectivity index (χ4n) is 3.50. The van der Waals surface area contributed by atoms with Gasteiger partial charge in [0, 0.05) is 24.6 Å². The number of anilines is 1. The summed E-state index contributed by atoms with van der Waals surface area (Å²) in [5.74, 6) is -0.454. The monoisotopic (exact) mass is 430 g/mol.